The van der Waals surface area contributed by atoms with Gasteiger partial charge in [0.25, 0.3) is 0 Å². The van der Waals surface area contributed by atoms with Crippen molar-refractivity contribution in [3.63, 3.8) is 0 Å². The molecular formula is C12H23O3P. The Balaban J connectivity index is 5.09. The third-order valence-electron chi connectivity index (χ3n) is 2.30. The minimum absolute atomic E-state index is 0.246. The van der Waals surface area contributed by atoms with Crippen molar-refractivity contribution in [3.05, 3.63) is 16.6 Å². The van der Waals surface area contributed by atoms with Crippen LogP contribution in [0.15, 0.2) is 16.6 Å². The summed E-state index contributed by atoms with van der Waals surface area (Å²) in [5.41, 5.74) is 4.01. The maximum absolute atomic E-state index is 11.9. The third-order valence-corrected chi connectivity index (χ3v) is 3.93. The van der Waals surface area contributed by atoms with Crippen LogP contribution >= 0.6 is 7.60 Å². The zero-order valence-corrected chi connectivity index (χ0v) is 11.6. The maximum atomic E-state index is 11.9. The van der Waals surface area contributed by atoms with Gasteiger partial charge >= 0.3 is 7.60 Å². The number of rotatable bonds is 7. The summed E-state index contributed by atoms with van der Waals surface area (Å²) < 4.78 is 16.8. The molecule has 0 rings (SSSR count). The van der Waals surface area contributed by atoms with E-state index in [-0.39, 0.29) is 6.61 Å². The molecule has 0 amide bonds. The Morgan fingerprint density at radius 2 is 2.00 bits per heavy atom. The highest BCUT2D eigenvalue weighted by Gasteiger charge is 2.24. The first-order chi connectivity index (χ1) is 7.47. The van der Waals surface area contributed by atoms with E-state index in [1.807, 2.05) is 13.8 Å². The van der Waals surface area contributed by atoms with Crippen LogP contribution in [0.5, 0.6) is 0 Å². The summed E-state index contributed by atoms with van der Waals surface area (Å²) in [5, 5.41) is 0.426. The van der Waals surface area contributed by atoms with Crippen LogP contribution in [-0.2, 0) is 9.09 Å². The van der Waals surface area contributed by atoms with Crippen molar-refractivity contribution in [1.29, 1.82) is 0 Å². The van der Waals surface area contributed by atoms with E-state index in [4.69, 9.17) is 4.52 Å². The fourth-order valence-corrected chi connectivity index (χ4v) is 2.48. The largest absolute Gasteiger partial charge is 0.362 e. The Morgan fingerprint density at radius 1 is 1.38 bits per heavy atom. The van der Waals surface area contributed by atoms with Crippen LogP contribution in [0.1, 0.15) is 53.4 Å². The molecule has 3 nitrogen and oxygen atoms in total. The van der Waals surface area contributed by atoms with Gasteiger partial charge < -0.3 is 9.42 Å². The molecule has 0 aliphatic rings. The molecule has 1 unspecified atom stereocenters. The van der Waals surface area contributed by atoms with E-state index in [1.165, 1.54) is 0 Å². The Bertz CT molecular complexity index is 314. The van der Waals surface area contributed by atoms with E-state index >= 15 is 0 Å². The Hall–Kier alpha value is -0.330. The Morgan fingerprint density at radius 3 is 2.44 bits per heavy atom. The van der Waals surface area contributed by atoms with E-state index < -0.39 is 7.60 Å². The lowest BCUT2D eigenvalue weighted by Gasteiger charge is -2.12. The number of hydrogen-bond acceptors (Lipinski definition) is 2. The molecule has 94 valence electrons. The molecule has 16 heavy (non-hydrogen) atoms. The fourth-order valence-electron chi connectivity index (χ4n) is 1.21. The third kappa shape index (κ3) is 5.67. The summed E-state index contributed by atoms with van der Waals surface area (Å²) in [5.74, 6) is 0. The zero-order chi connectivity index (χ0) is 12.6. The summed E-state index contributed by atoms with van der Waals surface area (Å²) in [4.78, 5) is 9.77. The van der Waals surface area contributed by atoms with E-state index in [1.54, 1.807) is 6.92 Å². The molecule has 0 fully saturated rings. The maximum Gasteiger partial charge on any atom is 0.362 e. The molecule has 0 aromatic heterocycles. The van der Waals surface area contributed by atoms with Gasteiger partial charge in [-0.25, -0.2) is 0 Å². The van der Waals surface area contributed by atoms with Gasteiger partial charge in [0.05, 0.1) is 11.9 Å². The molecule has 0 heterocycles. The minimum Gasteiger partial charge on any atom is -0.321 e. The van der Waals surface area contributed by atoms with Gasteiger partial charge in [0, 0.05) is 0 Å². The van der Waals surface area contributed by atoms with Crippen molar-refractivity contribution >= 4 is 7.60 Å². The predicted molar refractivity (Wildman–Crippen MR) is 67.5 cm³/mol. The minimum atomic E-state index is -3.61. The topological polar surface area (TPSA) is 46.5 Å². The number of hydrogen-bond donors (Lipinski definition) is 1. The lowest BCUT2D eigenvalue weighted by atomic mass is 10.2. The molecule has 0 saturated heterocycles. The fraction of sp³-hybridized carbons (Fsp3) is 0.750. The summed E-state index contributed by atoms with van der Waals surface area (Å²) in [6, 6.07) is 0. The quantitative estimate of drug-likeness (QED) is 0.540. The van der Waals surface area contributed by atoms with E-state index in [0.717, 1.165) is 24.8 Å². The average Bonchev–Trinajstić information content (AvgIpc) is 2.23. The summed E-state index contributed by atoms with van der Waals surface area (Å²) >= 11 is 0. The molecule has 1 atom stereocenters. The first kappa shape index (κ1) is 15.7. The van der Waals surface area contributed by atoms with Crippen molar-refractivity contribution in [2.45, 2.75) is 53.4 Å². The summed E-state index contributed by atoms with van der Waals surface area (Å²) in [6.07, 6.45) is 3.29. The van der Waals surface area contributed by atoms with Gasteiger partial charge in [-0.3, -0.25) is 4.57 Å². The van der Waals surface area contributed by atoms with Gasteiger partial charge in [-0.2, -0.15) is 0 Å². The second-order valence-electron chi connectivity index (χ2n) is 3.75. The monoisotopic (exact) mass is 246 g/mol. The molecule has 4 heteroatoms. The highest BCUT2D eigenvalue weighted by atomic mass is 31.2. The van der Waals surface area contributed by atoms with Gasteiger partial charge in [-0.15, -0.1) is 5.73 Å². The van der Waals surface area contributed by atoms with Gasteiger partial charge in [0.15, 0.2) is 0 Å². The van der Waals surface area contributed by atoms with Crippen molar-refractivity contribution < 1.29 is 14.0 Å². The predicted octanol–water partition coefficient (Wildman–Crippen LogP) is 4.24. The summed E-state index contributed by atoms with van der Waals surface area (Å²) in [7, 11) is -3.61. The highest BCUT2D eigenvalue weighted by molar-refractivity contribution is 7.57. The molecule has 0 aliphatic heterocycles. The molecule has 0 saturated carbocycles. The average molecular weight is 246 g/mol. The van der Waals surface area contributed by atoms with E-state index in [9.17, 15) is 9.46 Å². The van der Waals surface area contributed by atoms with Gasteiger partial charge in [-0.05, 0) is 38.7 Å². The van der Waals surface area contributed by atoms with Crippen LogP contribution in [0, 0.1) is 0 Å². The van der Waals surface area contributed by atoms with Gasteiger partial charge in [-0.1, -0.05) is 20.3 Å². The lowest BCUT2D eigenvalue weighted by Crippen LogP contribution is -1.93. The number of unbranched alkanes of at least 4 members (excludes halogenated alkanes) is 1. The van der Waals surface area contributed by atoms with E-state index in [2.05, 4.69) is 12.7 Å². The van der Waals surface area contributed by atoms with Crippen molar-refractivity contribution in [1.82, 2.24) is 0 Å². The van der Waals surface area contributed by atoms with Gasteiger partial charge in [0.2, 0.25) is 0 Å². The van der Waals surface area contributed by atoms with Crippen LogP contribution < -0.4 is 0 Å². The van der Waals surface area contributed by atoms with Crippen molar-refractivity contribution in [2.75, 3.05) is 6.61 Å². The summed E-state index contributed by atoms with van der Waals surface area (Å²) in [6.45, 7) is 7.94. The van der Waals surface area contributed by atoms with E-state index in [0.29, 0.717) is 11.7 Å². The molecule has 0 radical (unpaired) electrons. The molecule has 0 spiro atoms. The highest BCUT2D eigenvalue weighted by Crippen LogP contribution is 2.52. The van der Waals surface area contributed by atoms with Crippen LogP contribution in [0.4, 0.5) is 0 Å². The lowest BCUT2D eigenvalue weighted by molar-refractivity contribution is 0.279. The molecule has 0 bridgehead atoms. The second-order valence-corrected chi connectivity index (χ2v) is 5.59. The molecular weight excluding hydrogens is 223 g/mol. The SMILES string of the molecule is CCCCC(=C=C(C)CC)P(=O)(O)OCC. The molecule has 1 N–H and O–H groups in total. The standard InChI is InChI=1S/C12H23O3P/c1-5-8-9-12(10-11(4)6-2)16(13,14)15-7-3/h5-9H2,1-4H3,(H,13,14). The molecule has 0 aromatic rings. The smallest absolute Gasteiger partial charge is 0.321 e. The van der Waals surface area contributed by atoms with Crippen molar-refractivity contribution in [2.24, 2.45) is 0 Å². The van der Waals surface area contributed by atoms with Gasteiger partial charge in [0.1, 0.15) is 0 Å². The molecule has 0 aliphatic carbocycles. The Kier molecular flexibility index (Phi) is 7.70. The van der Waals surface area contributed by atoms with Crippen LogP contribution in [0.2, 0.25) is 0 Å². The first-order valence-electron chi connectivity index (χ1n) is 5.91. The number of allylic oxidation sites excluding steroid dienone is 1. The zero-order valence-electron chi connectivity index (χ0n) is 10.7. The molecule has 0 aromatic carbocycles. The normalized spacial score (nSPS) is 14.1. The van der Waals surface area contributed by atoms with Crippen LogP contribution in [0.25, 0.3) is 0 Å². The Labute approximate surface area is 98.7 Å². The first-order valence-corrected chi connectivity index (χ1v) is 7.48. The van der Waals surface area contributed by atoms with Crippen LogP contribution in [-0.4, -0.2) is 11.5 Å². The van der Waals surface area contributed by atoms with Crippen LogP contribution in [0.3, 0.4) is 0 Å². The second kappa shape index (κ2) is 7.86. The van der Waals surface area contributed by atoms with Crippen molar-refractivity contribution in [3.8, 4) is 0 Å².